The lowest BCUT2D eigenvalue weighted by molar-refractivity contribution is 0.0470. The SMILES string of the molecule is COc1ccc(-c2ccc(P(C)(=O)N[C@H]3C[C@@H](NC(=O)OC(C)(C)C)C3)cc2)cc1. The molecule has 1 aliphatic rings. The Morgan fingerprint density at radius 2 is 1.50 bits per heavy atom. The zero-order valence-electron chi connectivity index (χ0n) is 18.3. The maximum atomic E-state index is 13.2. The van der Waals surface area contributed by atoms with E-state index in [1.165, 1.54) is 0 Å². The van der Waals surface area contributed by atoms with Gasteiger partial charge in [0.05, 0.1) is 7.11 Å². The number of carbonyl (C=O) groups is 1. The Kier molecular flexibility index (Phi) is 6.59. The Hall–Kier alpha value is -2.30. The average molecular weight is 430 g/mol. The van der Waals surface area contributed by atoms with Crippen LogP contribution in [0.4, 0.5) is 4.79 Å². The molecule has 162 valence electrons. The van der Waals surface area contributed by atoms with Crippen molar-refractivity contribution in [2.75, 3.05) is 13.8 Å². The second-order valence-electron chi connectivity index (χ2n) is 8.84. The molecule has 2 aromatic carbocycles. The van der Waals surface area contributed by atoms with Gasteiger partial charge < -0.3 is 19.4 Å². The normalized spacial score (nSPS) is 20.6. The number of hydrogen-bond donors (Lipinski definition) is 2. The van der Waals surface area contributed by atoms with Gasteiger partial charge in [0.25, 0.3) is 0 Å². The first kappa shape index (κ1) is 22.4. The Labute approximate surface area is 178 Å². The van der Waals surface area contributed by atoms with Crippen molar-refractivity contribution in [2.45, 2.75) is 51.3 Å². The second-order valence-corrected chi connectivity index (χ2v) is 11.5. The molecule has 0 aromatic heterocycles. The minimum atomic E-state index is -2.70. The third-order valence-electron chi connectivity index (χ3n) is 5.07. The lowest BCUT2D eigenvalue weighted by Crippen LogP contribution is -2.52. The number of hydrogen-bond acceptors (Lipinski definition) is 4. The molecule has 6 nitrogen and oxygen atoms in total. The lowest BCUT2D eigenvalue weighted by Gasteiger charge is -2.38. The summed E-state index contributed by atoms with van der Waals surface area (Å²) in [6, 6.07) is 15.8. The van der Waals surface area contributed by atoms with Gasteiger partial charge >= 0.3 is 6.09 Å². The summed E-state index contributed by atoms with van der Waals surface area (Å²) >= 11 is 0. The van der Waals surface area contributed by atoms with Crippen molar-refractivity contribution >= 4 is 18.7 Å². The maximum absolute atomic E-state index is 13.2. The van der Waals surface area contributed by atoms with Crippen molar-refractivity contribution < 1.29 is 18.8 Å². The molecule has 2 aromatic rings. The highest BCUT2D eigenvalue weighted by atomic mass is 31.2. The molecule has 1 atom stereocenters. The Bertz CT molecular complexity index is 914. The molecular formula is C23H31N2O4P. The summed E-state index contributed by atoms with van der Waals surface area (Å²) in [7, 11) is -1.05. The molecule has 0 saturated heterocycles. The first-order valence-electron chi connectivity index (χ1n) is 10.2. The van der Waals surface area contributed by atoms with Crippen LogP contribution in [-0.2, 0) is 9.30 Å². The molecule has 2 N–H and O–H groups in total. The Balaban J connectivity index is 1.54. The Morgan fingerprint density at radius 1 is 0.967 bits per heavy atom. The quantitative estimate of drug-likeness (QED) is 0.658. The monoisotopic (exact) mass is 430 g/mol. The van der Waals surface area contributed by atoms with E-state index in [1.54, 1.807) is 13.8 Å². The van der Waals surface area contributed by atoms with Gasteiger partial charge in [-0.1, -0.05) is 24.3 Å². The van der Waals surface area contributed by atoms with E-state index in [1.807, 2.05) is 69.3 Å². The van der Waals surface area contributed by atoms with Crippen molar-refractivity contribution in [3.05, 3.63) is 48.5 Å². The van der Waals surface area contributed by atoms with Crippen LogP contribution in [0.15, 0.2) is 48.5 Å². The minimum absolute atomic E-state index is 0.0507. The van der Waals surface area contributed by atoms with E-state index in [0.717, 1.165) is 35.0 Å². The summed E-state index contributed by atoms with van der Waals surface area (Å²) in [6.07, 6.45) is 1.07. The summed E-state index contributed by atoms with van der Waals surface area (Å²) < 4.78 is 23.7. The van der Waals surface area contributed by atoms with Crippen LogP contribution in [0.2, 0.25) is 0 Å². The largest absolute Gasteiger partial charge is 0.497 e. The molecule has 1 amide bonds. The number of amides is 1. The van der Waals surface area contributed by atoms with Crippen molar-refractivity contribution in [3.63, 3.8) is 0 Å². The molecule has 1 fully saturated rings. The molecule has 30 heavy (non-hydrogen) atoms. The van der Waals surface area contributed by atoms with Crippen LogP contribution in [0.25, 0.3) is 11.1 Å². The first-order chi connectivity index (χ1) is 14.1. The van der Waals surface area contributed by atoms with E-state index >= 15 is 0 Å². The molecular weight excluding hydrogens is 399 g/mol. The minimum Gasteiger partial charge on any atom is -0.497 e. The van der Waals surface area contributed by atoms with Gasteiger partial charge in [0.2, 0.25) is 0 Å². The average Bonchev–Trinajstić information content (AvgIpc) is 2.65. The molecule has 0 aliphatic heterocycles. The number of rotatable bonds is 6. The fraction of sp³-hybridized carbons (Fsp3) is 0.435. The number of nitrogens with one attached hydrogen (secondary N) is 2. The fourth-order valence-corrected chi connectivity index (χ4v) is 5.23. The van der Waals surface area contributed by atoms with E-state index in [2.05, 4.69) is 10.4 Å². The number of methoxy groups -OCH3 is 1. The van der Waals surface area contributed by atoms with Crippen LogP contribution < -0.4 is 20.4 Å². The van der Waals surface area contributed by atoms with Gasteiger partial charge in [-0.2, -0.15) is 0 Å². The van der Waals surface area contributed by atoms with Crippen LogP contribution in [0.3, 0.4) is 0 Å². The first-order valence-corrected chi connectivity index (χ1v) is 12.3. The van der Waals surface area contributed by atoms with Gasteiger partial charge in [0.15, 0.2) is 7.29 Å². The van der Waals surface area contributed by atoms with Gasteiger partial charge in [-0.15, -0.1) is 0 Å². The predicted octanol–water partition coefficient (Wildman–Crippen LogP) is 4.54. The maximum Gasteiger partial charge on any atom is 0.407 e. The highest BCUT2D eigenvalue weighted by molar-refractivity contribution is 7.69. The molecule has 7 heteroatoms. The summed E-state index contributed by atoms with van der Waals surface area (Å²) in [4.78, 5) is 11.8. The highest BCUT2D eigenvalue weighted by Gasteiger charge is 2.35. The molecule has 0 spiro atoms. The van der Waals surface area contributed by atoms with Gasteiger partial charge in [0.1, 0.15) is 11.4 Å². The number of benzene rings is 2. The summed E-state index contributed by atoms with van der Waals surface area (Å²) in [5.41, 5.74) is 1.63. The van der Waals surface area contributed by atoms with Crippen molar-refractivity contribution in [1.29, 1.82) is 0 Å². The summed E-state index contributed by atoms with van der Waals surface area (Å²) in [5.74, 6) is 0.817. The highest BCUT2D eigenvalue weighted by Crippen LogP contribution is 2.39. The van der Waals surface area contributed by atoms with Crippen LogP contribution >= 0.6 is 7.29 Å². The van der Waals surface area contributed by atoms with E-state index in [0.29, 0.717) is 0 Å². The molecule has 3 rings (SSSR count). The molecule has 0 radical (unpaired) electrons. The molecule has 1 saturated carbocycles. The molecule has 0 bridgehead atoms. The summed E-state index contributed by atoms with van der Waals surface area (Å²) in [5, 5.41) is 6.94. The van der Waals surface area contributed by atoms with Gasteiger partial charge in [0, 0.05) is 24.1 Å². The fourth-order valence-electron chi connectivity index (χ4n) is 3.46. The Morgan fingerprint density at radius 3 is 2.00 bits per heavy atom. The van der Waals surface area contributed by atoms with Crippen molar-refractivity contribution in [1.82, 2.24) is 10.4 Å². The smallest absolute Gasteiger partial charge is 0.407 e. The zero-order valence-corrected chi connectivity index (χ0v) is 19.2. The third kappa shape index (κ3) is 5.87. The van der Waals surface area contributed by atoms with Gasteiger partial charge in [-0.05, 0) is 69.0 Å². The van der Waals surface area contributed by atoms with E-state index in [-0.39, 0.29) is 12.1 Å². The van der Waals surface area contributed by atoms with Crippen LogP contribution in [-0.4, -0.2) is 37.6 Å². The van der Waals surface area contributed by atoms with Crippen molar-refractivity contribution in [3.8, 4) is 16.9 Å². The molecule has 1 unspecified atom stereocenters. The van der Waals surface area contributed by atoms with Crippen LogP contribution in [0.1, 0.15) is 33.6 Å². The molecule has 0 heterocycles. The second kappa shape index (κ2) is 8.83. The van der Waals surface area contributed by atoms with E-state index in [4.69, 9.17) is 9.47 Å². The number of alkyl carbamates (subject to hydrolysis) is 1. The summed E-state index contributed by atoms with van der Waals surface area (Å²) in [6.45, 7) is 7.27. The third-order valence-corrected chi connectivity index (χ3v) is 7.21. The standard InChI is InChI=1S/C23H31N2O4P/c1-23(2,3)29-22(26)24-18-14-19(15-18)25-30(5,27)21-12-8-17(9-13-21)16-6-10-20(28-4)11-7-16/h6-13,18-19H,14-15H2,1-5H3,(H,24,26)(H,25,27)/t18-,19+,30?. The van der Waals surface area contributed by atoms with Gasteiger partial charge in [-0.3, -0.25) is 5.09 Å². The lowest BCUT2D eigenvalue weighted by atomic mass is 9.88. The van der Waals surface area contributed by atoms with E-state index in [9.17, 15) is 9.36 Å². The number of carbonyl (C=O) groups excluding carboxylic acids is 1. The van der Waals surface area contributed by atoms with Gasteiger partial charge in [-0.25, -0.2) is 4.79 Å². The van der Waals surface area contributed by atoms with Crippen LogP contribution in [0.5, 0.6) is 5.75 Å². The predicted molar refractivity (Wildman–Crippen MR) is 121 cm³/mol. The number of ether oxygens (including phenoxy) is 2. The topological polar surface area (TPSA) is 76.7 Å². The van der Waals surface area contributed by atoms with E-state index < -0.39 is 19.0 Å². The van der Waals surface area contributed by atoms with Crippen molar-refractivity contribution in [2.24, 2.45) is 0 Å². The molecule has 1 aliphatic carbocycles. The van der Waals surface area contributed by atoms with Crippen LogP contribution in [0, 0.1) is 0 Å². The zero-order chi connectivity index (χ0) is 21.9.